The first kappa shape index (κ1) is 15.7. The standard InChI is InChI=1S/C17H28O3/c1-12(10-20-11-16(2,3)19)13-7-8-14-15(18)6-5-9-17(13,14)4/h13-14,19H,1,5-11H2,2-4H3/t13-,14+,17-/m1/s1. The van der Waals surface area contributed by atoms with Crippen LogP contribution in [0.5, 0.6) is 0 Å². The second kappa shape index (κ2) is 5.61. The van der Waals surface area contributed by atoms with Crippen LogP contribution in [0, 0.1) is 17.3 Å². The molecule has 0 saturated heterocycles. The second-order valence-electron chi connectivity index (χ2n) is 7.47. The molecule has 2 aliphatic rings. The van der Waals surface area contributed by atoms with Gasteiger partial charge in [0.25, 0.3) is 0 Å². The summed E-state index contributed by atoms with van der Waals surface area (Å²) >= 11 is 0. The quantitative estimate of drug-likeness (QED) is 0.787. The van der Waals surface area contributed by atoms with Gasteiger partial charge in [-0.1, -0.05) is 13.5 Å². The first-order valence-corrected chi connectivity index (χ1v) is 7.74. The van der Waals surface area contributed by atoms with E-state index in [2.05, 4.69) is 13.5 Å². The Morgan fingerprint density at radius 2 is 2.20 bits per heavy atom. The Labute approximate surface area is 122 Å². The molecule has 3 nitrogen and oxygen atoms in total. The number of aliphatic hydroxyl groups is 1. The number of rotatable bonds is 5. The molecular formula is C17H28O3. The molecule has 0 aromatic heterocycles. The minimum atomic E-state index is -0.802. The lowest BCUT2D eigenvalue weighted by atomic mass is 9.63. The fourth-order valence-corrected chi connectivity index (χ4v) is 4.13. The van der Waals surface area contributed by atoms with Crippen molar-refractivity contribution in [2.24, 2.45) is 17.3 Å². The summed E-state index contributed by atoms with van der Waals surface area (Å²) in [6, 6.07) is 0. The van der Waals surface area contributed by atoms with E-state index in [1.54, 1.807) is 13.8 Å². The molecule has 0 heterocycles. The maximum Gasteiger partial charge on any atom is 0.136 e. The normalized spacial score (nSPS) is 34.1. The van der Waals surface area contributed by atoms with Gasteiger partial charge >= 0.3 is 0 Å². The zero-order valence-corrected chi connectivity index (χ0v) is 13.1. The van der Waals surface area contributed by atoms with Gasteiger partial charge in [0, 0.05) is 12.3 Å². The van der Waals surface area contributed by atoms with E-state index in [4.69, 9.17) is 4.74 Å². The van der Waals surface area contributed by atoms with Crippen molar-refractivity contribution >= 4 is 5.78 Å². The van der Waals surface area contributed by atoms with Crippen molar-refractivity contribution in [1.82, 2.24) is 0 Å². The molecule has 0 radical (unpaired) electrons. The first-order chi connectivity index (χ1) is 9.24. The van der Waals surface area contributed by atoms with Crippen LogP contribution in [0.25, 0.3) is 0 Å². The topological polar surface area (TPSA) is 46.5 Å². The molecule has 2 aliphatic carbocycles. The highest BCUT2D eigenvalue weighted by atomic mass is 16.5. The molecular weight excluding hydrogens is 252 g/mol. The fourth-order valence-electron chi connectivity index (χ4n) is 4.13. The van der Waals surface area contributed by atoms with Gasteiger partial charge in [-0.2, -0.15) is 0 Å². The molecule has 20 heavy (non-hydrogen) atoms. The molecule has 3 heteroatoms. The Kier molecular flexibility index (Phi) is 4.41. The molecule has 0 spiro atoms. The highest BCUT2D eigenvalue weighted by Gasteiger charge is 2.51. The SMILES string of the molecule is C=C(COCC(C)(C)O)[C@H]1CC[C@H]2C(=O)CCC[C@]12C. The zero-order chi connectivity index (χ0) is 15.0. The van der Waals surface area contributed by atoms with Gasteiger partial charge in [-0.3, -0.25) is 4.79 Å². The van der Waals surface area contributed by atoms with Crippen LogP contribution in [-0.2, 0) is 9.53 Å². The van der Waals surface area contributed by atoms with Gasteiger partial charge in [-0.05, 0) is 56.4 Å². The monoisotopic (exact) mass is 280 g/mol. The van der Waals surface area contributed by atoms with Crippen LogP contribution in [0.15, 0.2) is 12.2 Å². The Morgan fingerprint density at radius 3 is 2.85 bits per heavy atom. The summed E-state index contributed by atoms with van der Waals surface area (Å²) in [6.45, 7) is 10.7. The Morgan fingerprint density at radius 1 is 1.50 bits per heavy atom. The number of carbonyl (C=O) groups excluding carboxylic acids is 1. The van der Waals surface area contributed by atoms with Gasteiger partial charge < -0.3 is 9.84 Å². The summed E-state index contributed by atoms with van der Waals surface area (Å²) < 4.78 is 5.59. The summed E-state index contributed by atoms with van der Waals surface area (Å²) in [4.78, 5) is 12.1. The second-order valence-corrected chi connectivity index (χ2v) is 7.47. The van der Waals surface area contributed by atoms with Crippen LogP contribution >= 0.6 is 0 Å². The Bertz CT molecular complexity index is 394. The zero-order valence-electron chi connectivity index (χ0n) is 13.1. The van der Waals surface area contributed by atoms with Crippen molar-refractivity contribution in [1.29, 1.82) is 0 Å². The number of hydrogen-bond donors (Lipinski definition) is 1. The van der Waals surface area contributed by atoms with Gasteiger partial charge in [-0.15, -0.1) is 0 Å². The fraction of sp³-hybridized carbons (Fsp3) is 0.824. The maximum absolute atomic E-state index is 12.1. The first-order valence-electron chi connectivity index (χ1n) is 7.74. The Balaban J connectivity index is 1.95. The number of ketones is 1. The molecule has 2 fully saturated rings. The van der Waals surface area contributed by atoms with Gasteiger partial charge in [-0.25, -0.2) is 0 Å². The van der Waals surface area contributed by atoms with Crippen molar-refractivity contribution in [3.63, 3.8) is 0 Å². The maximum atomic E-state index is 12.1. The van der Waals surface area contributed by atoms with E-state index >= 15 is 0 Å². The van der Waals surface area contributed by atoms with Crippen LogP contribution in [0.4, 0.5) is 0 Å². The third-order valence-corrected chi connectivity index (χ3v) is 5.10. The van der Waals surface area contributed by atoms with E-state index in [9.17, 15) is 9.90 Å². The number of ether oxygens (including phenoxy) is 1. The van der Waals surface area contributed by atoms with E-state index in [1.807, 2.05) is 0 Å². The average Bonchev–Trinajstić information content (AvgIpc) is 2.66. The van der Waals surface area contributed by atoms with Crippen molar-refractivity contribution in [3.05, 3.63) is 12.2 Å². The number of carbonyl (C=O) groups is 1. The van der Waals surface area contributed by atoms with Crippen LogP contribution in [0.2, 0.25) is 0 Å². The number of Topliss-reactive ketones (excluding diaryl/α,β-unsaturated/α-hetero) is 1. The lowest BCUT2D eigenvalue weighted by Gasteiger charge is -2.40. The van der Waals surface area contributed by atoms with Crippen LogP contribution in [0.1, 0.15) is 52.9 Å². The average molecular weight is 280 g/mol. The minimum Gasteiger partial charge on any atom is -0.388 e. The third kappa shape index (κ3) is 3.15. The Hall–Kier alpha value is -0.670. The smallest absolute Gasteiger partial charge is 0.136 e. The van der Waals surface area contributed by atoms with Gasteiger partial charge in [0.1, 0.15) is 5.78 Å². The van der Waals surface area contributed by atoms with E-state index in [0.717, 1.165) is 37.7 Å². The molecule has 0 aromatic carbocycles. The molecule has 1 N–H and O–H groups in total. The summed E-state index contributed by atoms with van der Waals surface area (Å²) in [5.74, 6) is 1.07. The molecule has 0 unspecified atom stereocenters. The molecule has 2 saturated carbocycles. The molecule has 3 atom stereocenters. The van der Waals surface area contributed by atoms with E-state index in [-0.39, 0.29) is 11.3 Å². The predicted octanol–water partition coefficient (Wildman–Crippen LogP) is 3.12. The van der Waals surface area contributed by atoms with Gasteiger partial charge in [0.15, 0.2) is 0 Å². The van der Waals surface area contributed by atoms with Crippen LogP contribution in [-0.4, -0.2) is 29.7 Å². The van der Waals surface area contributed by atoms with Crippen LogP contribution < -0.4 is 0 Å². The molecule has 0 aliphatic heterocycles. The van der Waals surface area contributed by atoms with Crippen molar-refractivity contribution in [2.75, 3.05) is 13.2 Å². The summed E-state index contributed by atoms with van der Waals surface area (Å²) in [5, 5.41) is 9.67. The molecule has 114 valence electrons. The van der Waals surface area contributed by atoms with Crippen molar-refractivity contribution in [2.45, 2.75) is 58.5 Å². The lowest BCUT2D eigenvalue weighted by molar-refractivity contribution is -0.129. The largest absolute Gasteiger partial charge is 0.388 e. The molecule has 2 rings (SSSR count). The van der Waals surface area contributed by atoms with E-state index in [1.165, 1.54) is 0 Å². The lowest BCUT2D eigenvalue weighted by Crippen LogP contribution is -2.38. The van der Waals surface area contributed by atoms with Crippen molar-refractivity contribution in [3.8, 4) is 0 Å². The van der Waals surface area contributed by atoms with E-state index < -0.39 is 5.60 Å². The highest BCUT2D eigenvalue weighted by Crippen LogP contribution is 2.56. The number of hydrogen-bond acceptors (Lipinski definition) is 3. The highest BCUT2D eigenvalue weighted by molar-refractivity contribution is 5.83. The third-order valence-electron chi connectivity index (χ3n) is 5.10. The van der Waals surface area contributed by atoms with Crippen LogP contribution in [0.3, 0.4) is 0 Å². The van der Waals surface area contributed by atoms with Gasteiger partial charge in [0.05, 0.1) is 18.8 Å². The molecule has 0 amide bonds. The molecule has 0 aromatic rings. The molecule has 0 bridgehead atoms. The van der Waals surface area contributed by atoms with E-state index in [0.29, 0.717) is 24.9 Å². The summed E-state index contributed by atoms with van der Waals surface area (Å²) in [6.07, 6.45) is 4.95. The predicted molar refractivity (Wildman–Crippen MR) is 79.4 cm³/mol. The minimum absolute atomic E-state index is 0.0878. The van der Waals surface area contributed by atoms with Crippen molar-refractivity contribution < 1.29 is 14.6 Å². The number of fused-ring (bicyclic) bond motifs is 1. The summed E-state index contributed by atoms with van der Waals surface area (Å²) in [5.41, 5.74) is 0.377. The summed E-state index contributed by atoms with van der Waals surface area (Å²) in [7, 11) is 0. The van der Waals surface area contributed by atoms with Gasteiger partial charge in [0.2, 0.25) is 0 Å².